The van der Waals surface area contributed by atoms with E-state index in [0.717, 1.165) is 5.56 Å². The Morgan fingerprint density at radius 3 is 2.80 bits per heavy atom. The second kappa shape index (κ2) is 6.61. The molecule has 0 spiro atoms. The summed E-state index contributed by atoms with van der Waals surface area (Å²) in [7, 11) is 0. The number of nitrogens with one attached hydrogen (secondary N) is 2. The zero-order valence-electron chi connectivity index (χ0n) is 10.9. The number of urea groups is 1. The number of hydrogen-bond donors (Lipinski definition) is 3. The molecule has 3 N–H and O–H groups in total. The van der Waals surface area contributed by atoms with Gasteiger partial charge in [-0.25, -0.2) is 4.79 Å². The van der Waals surface area contributed by atoms with Gasteiger partial charge in [-0.1, -0.05) is 23.7 Å². The summed E-state index contributed by atoms with van der Waals surface area (Å²) in [5.41, 5.74) is 0.919. The van der Waals surface area contributed by atoms with Gasteiger partial charge in [-0.3, -0.25) is 4.79 Å². The molecule has 1 aromatic carbocycles. The Morgan fingerprint density at radius 1 is 1.35 bits per heavy atom. The fraction of sp³-hybridized carbons (Fsp3) is 0.429. The SMILES string of the molecule is O=C(NCc1cccc(Cl)c1)N[C@H]1CC[C@@H](C(=O)O)C1. The third-order valence-electron chi connectivity index (χ3n) is 3.46. The molecule has 6 heteroatoms. The minimum Gasteiger partial charge on any atom is -0.481 e. The summed E-state index contributed by atoms with van der Waals surface area (Å²) in [6.45, 7) is 0.390. The molecule has 0 unspecified atom stereocenters. The molecule has 1 saturated carbocycles. The molecular weight excluding hydrogens is 280 g/mol. The Kier molecular flexibility index (Phi) is 4.84. The van der Waals surface area contributed by atoms with Crippen molar-refractivity contribution in [3.8, 4) is 0 Å². The van der Waals surface area contributed by atoms with Gasteiger partial charge in [0.1, 0.15) is 0 Å². The molecule has 0 bridgehead atoms. The Bertz CT molecular complexity index is 507. The molecule has 20 heavy (non-hydrogen) atoms. The maximum atomic E-state index is 11.7. The molecule has 1 fully saturated rings. The van der Waals surface area contributed by atoms with E-state index in [-0.39, 0.29) is 18.0 Å². The summed E-state index contributed by atoms with van der Waals surface area (Å²) in [5, 5.41) is 15.1. The second-order valence-corrected chi connectivity index (χ2v) is 5.44. The van der Waals surface area contributed by atoms with Gasteiger partial charge in [-0.05, 0) is 37.0 Å². The predicted octanol–water partition coefficient (Wildman–Crippen LogP) is 2.39. The van der Waals surface area contributed by atoms with E-state index in [1.54, 1.807) is 12.1 Å². The van der Waals surface area contributed by atoms with Crippen molar-refractivity contribution in [2.24, 2.45) is 5.92 Å². The molecule has 5 nitrogen and oxygen atoms in total. The maximum Gasteiger partial charge on any atom is 0.315 e. The van der Waals surface area contributed by atoms with Crippen molar-refractivity contribution in [1.82, 2.24) is 10.6 Å². The number of benzene rings is 1. The van der Waals surface area contributed by atoms with Crippen LogP contribution >= 0.6 is 11.6 Å². The normalized spacial score (nSPS) is 21.4. The molecular formula is C14H17ClN2O3. The highest BCUT2D eigenvalue weighted by Crippen LogP contribution is 2.25. The van der Waals surface area contributed by atoms with Gasteiger partial charge >= 0.3 is 12.0 Å². The Labute approximate surface area is 122 Å². The first-order chi connectivity index (χ1) is 9.54. The summed E-state index contributed by atoms with van der Waals surface area (Å²) < 4.78 is 0. The molecule has 1 aromatic rings. The van der Waals surface area contributed by atoms with Gasteiger partial charge in [-0.2, -0.15) is 0 Å². The van der Waals surface area contributed by atoms with E-state index in [4.69, 9.17) is 16.7 Å². The molecule has 1 aliphatic rings. The van der Waals surface area contributed by atoms with Gasteiger partial charge in [0.25, 0.3) is 0 Å². The zero-order chi connectivity index (χ0) is 14.5. The third kappa shape index (κ3) is 4.13. The largest absolute Gasteiger partial charge is 0.481 e. The molecule has 0 radical (unpaired) electrons. The van der Waals surface area contributed by atoms with Crippen LogP contribution in [-0.4, -0.2) is 23.1 Å². The van der Waals surface area contributed by atoms with Gasteiger partial charge in [0.2, 0.25) is 0 Å². The fourth-order valence-electron chi connectivity index (χ4n) is 2.40. The van der Waals surface area contributed by atoms with Gasteiger partial charge in [0.15, 0.2) is 0 Å². The summed E-state index contributed by atoms with van der Waals surface area (Å²) in [6.07, 6.45) is 1.83. The van der Waals surface area contributed by atoms with Crippen molar-refractivity contribution in [2.75, 3.05) is 0 Å². The molecule has 2 amide bonds. The summed E-state index contributed by atoms with van der Waals surface area (Å²) >= 11 is 5.86. The monoisotopic (exact) mass is 296 g/mol. The van der Waals surface area contributed by atoms with Crippen LogP contribution in [0.15, 0.2) is 24.3 Å². The lowest BCUT2D eigenvalue weighted by Crippen LogP contribution is -2.40. The van der Waals surface area contributed by atoms with Crippen LogP contribution in [0, 0.1) is 5.92 Å². The molecule has 2 atom stereocenters. The highest BCUT2D eigenvalue weighted by molar-refractivity contribution is 6.30. The first-order valence-corrected chi connectivity index (χ1v) is 6.94. The van der Waals surface area contributed by atoms with Crippen LogP contribution in [0.4, 0.5) is 4.79 Å². The Hall–Kier alpha value is -1.75. The van der Waals surface area contributed by atoms with E-state index >= 15 is 0 Å². The summed E-state index contributed by atoms with van der Waals surface area (Å²) in [4.78, 5) is 22.6. The van der Waals surface area contributed by atoms with Crippen LogP contribution in [0.2, 0.25) is 5.02 Å². The predicted molar refractivity (Wildman–Crippen MR) is 75.6 cm³/mol. The Morgan fingerprint density at radius 2 is 2.15 bits per heavy atom. The standard InChI is InChI=1S/C14H17ClN2O3/c15-11-3-1-2-9(6-11)8-16-14(20)17-12-5-4-10(7-12)13(18)19/h1-3,6,10,12H,4-5,7-8H2,(H,18,19)(H2,16,17,20)/t10-,12+/m1/s1. The number of carbonyl (C=O) groups is 2. The smallest absolute Gasteiger partial charge is 0.315 e. The zero-order valence-corrected chi connectivity index (χ0v) is 11.7. The molecule has 0 aliphatic heterocycles. The number of carboxylic acids is 1. The number of amides is 2. The minimum absolute atomic E-state index is 0.0598. The average molecular weight is 297 g/mol. The van der Waals surface area contributed by atoms with Crippen LogP contribution in [-0.2, 0) is 11.3 Å². The third-order valence-corrected chi connectivity index (χ3v) is 3.69. The van der Waals surface area contributed by atoms with Crippen LogP contribution in [0.1, 0.15) is 24.8 Å². The van der Waals surface area contributed by atoms with Crippen molar-refractivity contribution < 1.29 is 14.7 Å². The van der Waals surface area contributed by atoms with Crippen LogP contribution in [0.3, 0.4) is 0 Å². The molecule has 108 valence electrons. The van der Waals surface area contributed by atoms with Gasteiger partial charge in [0, 0.05) is 17.6 Å². The van der Waals surface area contributed by atoms with E-state index < -0.39 is 5.97 Å². The number of carbonyl (C=O) groups excluding carboxylic acids is 1. The van der Waals surface area contributed by atoms with Crippen molar-refractivity contribution in [2.45, 2.75) is 31.8 Å². The van der Waals surface area contributed by atoms with Crippen molar-refractivity contribution in [3.05, 3.63) is 34.9 Å². The van der Waals surface area contributed by atoms with Gasteiger partial charge < -0.3 is 15.7 Å². The van der Waals surface area contributed by atoms with Crippen LogP contribution in [0.25, 0.3) is 0 Å². The first kappa shape index (κ1) is 14.7. The number of halogens is 1. The average Bonchev–Trinajstić information content (AvgIpc) is 2.85. The van der Waals surface area contributed by atoms with E-state index in [1.165, 1.54) is 0 Å². The lowest BCUT2D eigenvalue weighted by atomic mass is 10.1. The van der Waals surface area contributed by atoms with Gasteiger partial charge in [0.05, 0.1) is 5.92 Å². The number of rotatable bonds is 4. The second-order valence-electron chi connectivity index (χ2n) is 5.00. The lowest BCUT2D eigenvalue weighted by Gasteiger charge is -2.13. The highest BCUT2D eigenvalue weighted by Gasteiger charge is 2.30. The van der Waals surface area contributed by atoms with E-state index in [9.17, 15) is 9.59 Å². The fourth-order valence-corrected chi connectivity index (χ4v) is 2.62. The molecule has 1 aliphatic carbocycles. The minimum atomic E-state index is -0.784. The van der Waals surface area contributed by atoms with E-state index in [0.29, 0.717) is 30.8 Å². The highest BCUT2D eigenvalue weighted by atomic mass is 35.5. The number of aliphatic carboxylic acids is 1. The first-order valence-electron chi connectivity index (χ1n) is 6.56. The number of hydrogen-bond acceptors (Lipinski definition) is 2. The van der Waals surface area contributed by atoms with Gasteiger partial charge in [-0.15, -0.1) is 0 Å². The van der Waals surface area contributed by atoms with E-state index in [2.05, 4.69) is 10.6 Å². The quantitative estimate of drug-likeness (QED) is 0.798. The molecule has 0 aromatic heterocycles. The topological polar surface area (TPSA) is 78.4 Å². The molecule has 0 saturated heterocycles. The lowest BCUT2D eigenvalue weighted by molar-refractivity contribution is -0.141. The van der Waals surface area contributed by atoms with E-state index in [1.807, 2.05) is 12.1 Å². The maximum absolute atomic E-state index is 11.7. The van der Waals surface area contributed by atoms with Crippen molar-refractivity contribution in [1.29, 1.82) is 0 Å². The number of carboxylic acid groups (broad SMARTS) is 1. The van der Waals surface area contributed by atoms with Crippen LogP contribution < -0.4 is 10.6 Å². The Balaban J connectivity index is 1.75. The summed E-state index contributed by atoms with van der Waals surface area (Å²) in [6, 6.07) is 6.93. The molecule has 0 heterocycles. The van der Waals surface area contributed by atoms with Crippen molar-refractivity contribution in [3.63, 3.8) is 0 Å². The van der Waals surface area contributed by atoms with Crippen molar-refractivity contribution >= 4 is 23.6 Å². The summed E-state index contributed by atoms with van der Waals surface area (Å²) in [5.74, 6) is -1.12. The van der Waals surface area contributed by atoms with Crippen LogP contribution in [0.5, 0.6) is 0 Å². The molecule has 2 rings (SSSR count).